The largest absolute Gasteiger partial charge is 0.208 e. The Kier molecular flexibility index (Phi) is 8.04. The van der Waals surface area contributed by atoms with Crippen molar-refractivity contribution in [3.8, 4) is 22.8 Å². The SMILES string of the molecule is Cc1ccc2cc1c1cccc(c1C)c1nc(-c3ccccc3)nc(n1)c1cccc(c1)c1cccc(c1)c1nc(-c3cccc(C(C)(C)C)c3)nc2n1. The molecule has 0 saturated heterocycles. The first-order chi connectivity index (χ1) is 26.2. The van der Waals surface area contributed by atoms with Crippen LogP contribution < -0.4 is 0 Å². The molecule has 0 atom stereocenters. The summed E-state index contributed by atoms with van der Waals surface area (Å²) in [7, 11) is 0. The minimum Gasteiger partial charge on any atom is -0.208 e. The van der Waals surface area contributed by atoms with Crippen molar-refractivity contribution in [1.29, 1.82) is 0 Å². The van der Waals surface area contributed by atoms with E-state index in [0.29, 0.717) is 34.2 Å². The molecule has 54 heavy (non-hydrogen) atoms. The molecule has 0 radical (unpaired) electrons. The zero-order valence-electron chi connectivity index (χ0n) is 31.0. The fraction of sp³-hybridized carbons (Fsp3) is 0.125. The standard InChI is InChI=1S/C48H38N6/c1-29-23-24-37-28-41(29)39-21-12-22-40(30(39)2)47-53-42(31-13-7-6-8-14-31)49-44(54-47)35-18-10-16-33(26-35)32-15-9-17-34(25-32)43-50-45(52-46(37)51-43)36-19-11-20-38(27-36)48(3,4)5/h6-28H,1-5H3. The van der Waals surface area contributed by atoms with Gasteiger partial charge in [-0.15, -0.1) is 0 Å². The second-order valence-electron chi connectivity index (χ2n) is 15.0. The second-order valence-corrected chi connectivity index (χ2v) is 15.0. The molecule has 0 aliphatic heterocycles. The van der Waals surface area contributed by atoms with Crippen molar-refractivity contribution in [3.63, 3.8) is 0 Å². The van der Waals surface area contributed by atoms with Crippen LogP contribution in [0.2, 0.25) is 0 Å². The molecule has 6 heteroatoms. The van der Waals surface area contributed by atoms with Gasteiger partial charge in [0.1, 0.15) is 0 Å². The number of hydrogen-bond donors (Lipinski definition) is 0. The highest BCUT2D eigenvalue weighted by Gasteiger charge is 2.16. The van der Waals surface area contributed by atoms with Crippen molar-refractivity contribution in [2.45, 2.75) is 40.0 Å². The zero-order valence-corrected chi connectivity index (χ0v) is 31.0. The lowest BCUT2D eigenvalue weighted by Crippen LogP contribution is -2.10. The first-order valence-electron chi connectivity index (χ1n) is 18.3. The summed E-state index contributed by atoms with van der Waals surface area (Å²) in [5, 5.41) is 7.93. The fourth-order valence-electron chi connectivity index (χ4n) is 7.13. The number of aryl methyl sites for hydroxylation is 2. The van der Waals surface area contributed by atoms with Crippen LogP contribution in [0.25, 0.3) is 88.5 Å². The molecule has 0 aliphatic carbocycles. The normalized spacial score (nSPS) is 11.8. The van der Waals surface area contributed by atoms with E-state index >= 15 is 0 Å². The Labute approximate surface area is 313 Å². The van der Waals surface area contributed by atoms with E-state index in [1.165, 1.54) is 5.56 Å². The van der Waals surface area contributed by atoms with Gasteiger partial charge in [0, 0.05) is 32.7 Å². The molecule has 0 fully saturated rings. The maximum atomic E-state index is 5.16. The lowest BCUT2D eigenvalue weighted by atomic mass is 9.86. The van der Waals surface area contributed by atoms with E-state index in [9.17, 15) is 0 Å². The predicted octanol–water partition coefficient (Wildman–Crippen LogP) is 11.9. The molecule has 260 valence electrons. The number of nitrogens with zero attached hydrogens (tertiary/aromatic N) is 6. The smallest absolute Gasteiger partial charge is 0.164 e. The third-order valence-electron chi connectivity index (χ3n) is 10.2. The quantitative estimate of drug-likeness (QED) is 0.179. The van der Waals surface area contributed by atoms with Crippen LogP contribution in [-0.2, 0) is 5.41 Å². The summed E-state index contributed by atoms with van der Waals surface area (Å²) in [6, 6.07) is 48.3. The first-order valence-corrected chi connectivity index (χ1v) is 18.3. The number of hydrogen-bond acceptors (Lipinski definition) is 6. The molecule has 3 heterocycles. The Bertz CT molecular complexity index is 3060. The summed E-state index contributed by atoms with van der Waals surface area (Å²) in [4.78, 5) is 30.7. The highest BCUT2D eigenvalue weighted by atomic mass is 15.0. The third-order valence-corrected chi connectivity index (χ3v) is 10.2. The molecule has 12 bridgehead atoms. The Hall–Kier alpha value is -6.66. The second kappa shape index (κ2) is 13.1. The van der Waals surface area contributed by atoms with Crippen molar-refractivity contribution < 1.29 is 0 Å². The van der Waals surface area contributed by atoms with Gasteiger partial charge < -0.3 is 0 Å². The van der Waals surface area contributed by atoms with Gasteiger partial charge >= 0.3 is 0 Å². The Balaban J connectivity index is 1.47. The predicted molar refractivity (Wildman–Crippen MR) is 224 cm³/mol. The summed E-state index contributed by atoms with van der Waals surface area (Å²) in [5.74, 6) is 1.27. The number of fused-ring (bicyclic) bond motifs is 18. The first kappa shape index (κ1) is 33.2. The van der Waals surface area contributed by atoms with Gasteiger partial charge in [0.15, 0.2) is 34.2 Å². The highest BCUT2D eigenvalue weighted by Crippen LogP contribution is 2.30. The van der Waals surface area contributed by atoms with Gasteiger partial charge in [0.25, 0.3) is 0 Å². The lowest BCUT2D eigenvalue weighted by Gasteiger charge is -2.19. The molecule has 6 aromatic carbocycles. The summed E-state index contributed by atoms with van der Waals surface area (Å²) in [6.07, 6.45) is 0. The van der Waals surface area contributed by atoms with Crippen molar-refractivity contribution in [3.05, 3.63) is 156 Å². The van der Waals surface area contributed by atoms with E-state index in [4.69, 9.17) is 29.9 Å². The van der Waals surface area contributed by atoms with Crippen LogP contribution in [0.5, 0.6) is 0 Å². The maximum absolute atomic E-state index is 5.16. The van der Waals surface area contributed by atoms with Crippen LogP contribution in [0.3, 0.4) is 0 Å². The number of rotatable bonds is 2. The summed E-state index contributed by atoms with van der Waals surface area (Å²) in [5.41, 5.74) is 7.79. The molecule has 9 aromatic rings. The van der Waals surface area contributed by atoms with Gasteiger partial charge in [-0.1, -0.05) is 136 Å². The van der Waals surface area contributed by atoms with Gasteiger partial charge in [0.2, 0.25) is 0 Å². The molecule has 3 aromatic heterocycles. The van der Waals surface area contributed by atoms with Crippen LogP contribution in [0, 0.1) is 13.8 Å². The van der Waals surface area contributed by atoms with E-state index in [-0.39, 0.29) is 5.41 Å². The van der Waals surface area contributed by atoms with E-state index in [0.717, 1.165) is 65.3 Å². The van der Waals surface area contributed by atoms with E-state index in [1.807, 2.05) is 30.3 Å². The number of benzene rings is 6. The molecule has 0 unspecified atom stereocenters. The molecule has 0 aliphatic rings. The number of aromatic nitrogens is 6. The average Bonchev–Trinajstić information content (AvgIpc) is 3.21. The highest BCUT2D eigenvalue weighted by molar-refractivity contribution is 6.00. The van der Waals surface area contributed by atoms with E-state index < -0.39 is 0 Å². The Morgan fingerprint density at radius 2 is 0.889 bits per heavy atom. The monoisotopic (exact) mass is 698 g/mol. The van der Waals surface area contributed by atoms with Gasteiger partial charge in [-0.25, -0.2) is 29.9 Å². The van der Waals surface area contributed by atoms with E-state index in [1.54, 1.807) is 0 Å². The molecule has 0 saturated carbocycles. The minimum absolute atomic E-state index is 0.0253. The van der Waals surface area contributed by atoms with Crippen LogP contribution in [0.4, 0.5) is 0 Å². The topological polar surface area (TPSA) is 77.3 Å². The Morgan fingerprint density at radius 3 is 1.56 bits per heavy atom. The van der Waals surface area contributed by atoms with Crippen LogP contribution in [0.1, 0.15) is 37.5 Å². The Morgan fingerprint density at radius 1 is 0.370 bits per heavy atom. The molecule has 9 rings (SSSR count). The van der Waals surface area contributed by atoms with Crippen molar-refractivity contribution >= 4 is 65.7 Å². The maximum Gasteiger partial charge on any atom is 0.164 e. The minimum atomic E-state index is -0.0253. The van der Waals surface area contributed by atoms with Gasteiger partial charge in [-0.2, -0.15) is 0 Å². The molecule has 0 N–H and O–H groups in total. The molecule has 0 spiro atoms. The van der Waals surface area contributed by atoms with Crippen molar-refractivity contribution in [2.75, 3.05) is 0 Å². The zero-order chi connectivity index (χ0) is 37.0. The van der Waals surface area contributed by atoms with Gasteiger partial charge in [-0.05, 0) is 81.8 Å². The van der Waals surface area contributed by atoms with Crippen molar-refractivity contribution in [1.82, 2.24) is 29.9 Å². The molecular formula is C48H38N6. The van der Waals surface area contributed by atoms with Crippen LogP contribution in [0.15, 0.2) is 140 Å². The summed E-state index contributed by atoms with van der Waals surface area (Å²) < 4.78 is 0. The van der Waals surface area contributed by atoms with Gasteiger partial charge in [0.05, 0.1) is 0 Å². The summed E-state index contributed by atoms with van der Waals surface area (Å²) in [6.45, 7) is 11.0. The summed E-state index contributed by atoms with van der Waals surface area (Å²) >= 11 is 0. The lowest BCUT2D eigenvalue weighted by molar-refractivity contribution is 0.590. The molecule has 0 amide bonds. The fourth-order valence-corrected chi connectivity index (χ4v) is 7.13. The average molecular weight is 699 g/mol. The third kappa shape index (κ3) is 6.16. The van der Waals surface area contributed by atoms with E-state index in [2.05, 4.69) is 144 Å². The molecular weight excluding hydrogens is 661 g/mol. The van der Waals surface area contributed by atoms with Crippen molar-refractivity contribution in [2.24, 2.45) is 0 Å². The molecule has 6 nitrogen and oxygen atoms in total. The van der Waals surface area contributed by atoms with Crippen LogP contribution >= 0.6 is 0 Å². The van der Waals surface area contributed by atoms with Crippen LogP contribution in [-0.4, -0.2) is 29.9 Å². The van der Waals surface area contributed by atoms with Gasteiger partial charge in [-0.3, -0.25) is 0 Å².